The lowest BCUT2D eigenvalue weighted by molar-refractivity contribution is -0.150. The fraction of sp³-hybridized carbons (Fsp3) is 0.955. The first-order valence-electron chi connectivity index (χ1n) is 22.2. The smallest absolute Gasteiger partial charge is 0.306 e. The number of aliphatic hydroxyl groups is 1. The van der Waals surface area contributed by atoms with Crippen LogP contribution in [0.15, 0.2) is 0 Å². The number of likely N-dealkylation sites (tertiary alicyclic amines) is 1. The van der Waals surface area contributed by atoms with Gasteiger partial charge in [0.1, 0.15) is 6.10 Å². The van der Waals surface area contributed by atoms with E-state index in [0.717, 1.165) is 83.8 Å². The number of nitrogens with zero attached hydrogens (tertiary/aromatic N) is 1. The van der Waals surface area contributed by atoms with Gasteiger partial charge in [-0.25, -0.2) is 0 Å². The molecule has 1 aliphatic rings. The molecule has 1 aliphatic heterocycles. The highest BCUT2D eigenvalue weighted by molar-refractivity contribution is 5.69. The number of aliphatic hydroxyl groups excluding tert-OH is 1. The summed E-state index contributed by atoms with van der Waals surface area (Å²) in [4.78, 5) is 27.8. The Labute approximate surface area is 311 Å². The molecular formula is C44H85NO5. The van der Waals surface area contributed by atoms with Crippen molar-refractivity contribution in [1.29, 1.82) is 0 Å². The predicted molar refractivity (Wildman–Crippen MR) is 211 cm³/mol. The Bertz CT molecular complexity index is 745. The largest absolute Gasteiger partial charge is 0.466 e. The molecule has 0 radical (unpaired) electrons. The third-order valence-corrected chi connectivity index (χ3v) is 11.1. The first-order chi connectivity index (χ1) is 24.5. The molecule has 6 nitrogen and oxygen atoms in total. The van der Waals surface area contributed by atoms with Crippen LogP contribution in [0.1, 0.15) is 220 Å². The normalized spacial score (nSPS) is 16.7. The van der Waals surface area contributed by atoms with E-state index in [9.17, 15) is 14.7 Å². The summed E-state index contributed by atoms with van der Waals surface area (Å²) < 4.78 is 11.7. The zero-order valence-corrected chi connectivity index (χ0v) is 33.7. The van der Waals surface area contributed by atoms with Crippen molar-refractivity contribution in [3.05, 3.63) is 0 Å². The van der Waals surface area contributed by atoms with Crippen molar-refractivity contribution in [2.24, 2.45) is 11.8 Å². The minimum absolute atomic E-state index is 0.00227. The molecule has 0 aromatic carbocycles. The molecule has 6 heteroatoms. The lowest BCUT2D eigenvalue weighted by atomic mass is 9.79. The molecule has 0 aromatic heterocycles. The van der Waals surface area contributed by atoms with Gasteiger partial charge in [0.25, 0.3) is 0 Å². The first kappa shape index (κ1) is 46.9. The van der Waals surface area contributed by atoms with Crippen molar-refractivity contribution in [2.45, 2.75) is 226 Å². The number of unbranched alkanes of at least 4 members (excludes halogenated alkanes) is 20. The number of hydrogen-bond acceptors (Lipinski definition) is 6. The van der Waals surface area contributed by atoms with Crippen molar-refractivity contribution >= 4 is 11.9 Å². The topological polar surface area (TPSA) is 76.1 Å². The average Bonchev–Trinajstić information content (AvgIpc) is 3.11. The van der Waals surface area contributed by atoms with E-state index in [1.807, 2.05) is 0 Å². The summed E-state index contributed by atoms with van der Waals surface area (Å²) >= 11 is 0. The number of carbonyl (C=O) groups excluding carboxylic acids is 2. The van der Waals surface area contributed by atoms with E-state index < -0.39 is 0 Å². The molecule has 1 fully saturated rings. The van der Waals surface area contributed by atoms with Gasteiger partial charge in [-0.05, 0) is 76.2 Å². The molecule has 1 heterocycles. The van der Waals surface area contributed by atoms with Gasteiger partial charge in [0.2, 0.25) is 0 Å². The molecule has 0 bridgehead atoms. The summed E-state index contributed by atoms with van der Waals surface area (Å²) in [6.07, 6.45) is 36.0. The molecule has 0 aliphatic carbocycles. The maximum absolute atomic E-state index is 12.9. The number of esters is 2. The first-order valence-corrected chi connectivity index (χ1v) is 22.2. The van der Waals surface area contributed by atoms with Crippen LogP contribution in [0.5, 0.6) is 0 Å². The Morgan fingerprint density at radius 1 is 0.600 bits per heavy atom. The quantitative estimate of drug-likeness (QED) is 0.0516. The van der Waals surface area contributed by atoms with Crippen LogP contribution in [0, 0.1) is 11.8 Å². The van der Waals surface area contributed by atoms with Gasteiger partial charge in [-0.1, -0.05) is 149 Å². The van der Waals surface area contributed by atoms with Gasteiger partial charge in [-0.3, -0.25) is 9.59 Å². The maximum Gasteiger partial charge on any atom is 0.306 e. The summed E-state index contributed by atoms with van der Waals surface area (Å²) in [5, 5.41) is 9.54. The van der Waals surface area contributed by atoms with Gasteiger partial charge < -0.3 is 19.5 Å². The number of β-amino-alcohol motifs (C(OH)–C–C–N with tert-alkyl or cyclic N) is 1. The summed E-state index contributed by atoms with van der Waals surface area (Å²) in [6.45, 7) is 10.3. The SMILES string of the molecule is CCCCCCCCCCCOC(=O)CCC1CCN(CCO)CC1CCCCCC(=O)OC(CCCCCCCC)CCCCCCCC. The van der Waals surface area contributed by atoms with Gasteiger partial charge >= 0.3 is 11.9 Å². The predicted octanol–water partition coefficient (Wildman–Crippen LogP) is 12.1. The minimum Gasteiger partial charge on any atom is -0.466 e. The van der Waals surface area contributed by atoms with Gasteiger partial charge in [0, 0.05) is 25.9 Å². The Balaban J connectivity index is 2.35. The van der Waals surface area contributed by atoms with E-state index in [1.54, 1.807) is 0 Å². The third kappa shape index (κ3) is 27.5. The standard InChI is InChI=1S/C44H85NO5/c1-4-7-10-13-16-17-18-21-27-38-49-43(47)33-32-40-34-35-45(36-37-46)39-41(40)28-23-22-26-31-44(48)50-42(29-24-19-14-11-8-5-2)30-25-20-15-12-9-6-3/h40-42,46H,4-39H2,1-3H3. The van der Waals surface area contributed by atoms with Crippen LogP contribution >= 0.6 is 0 Å². The van der Waals surface area contributed by atoms with Crippen molar-refractivity contribution < 1.29 is 24.2 Å². The van der Waals surface area contributed by atoms with E-state index in [0.29, 0.717) is 31.3 Å². The second-order valence-electron chi connectivity index (χ2n) is 15.7. The molecule has 50 heavy (non-hydrogen) atoms. The number of piperidine rings is 1. The molecule has 1 N–H and O–H groups in total. The molecule has 0 spiro atoms. The minimum atomic E-state index is -0.0362. The van der Waals surface area contributed by atoms with E-state index in [4.69, 9.17) is 9.47 Å². The lowest BCUT2D eigenvalue weighted by Crippen LogP contribution is -2.42. The van der Waals surface area contributed by atoms with Crippen LogP contribution in [-0.4, -0.2) is 60.9 Å². The second-order valence-corrected chi connectivity index (χ2v) is 15.7. The zero-order chi connectivity index (χ0) is 36.3. The Morgan fingerprint density at radius 2 is 1.12 bits per heavy atom. The van der Waals surface area contributed by atoms with Crippen LogP contribution in [0.4, 0.5) is 0 Å². The van der Waals surface area contributed by atoms with Crippen molar-refractivity contribution in [3.63, 3.8) is 0 Å². The van der Waals surface area contributed by atoms with E-state index in [1.165, 1.54) is 122 Å². The summed E-state index contributed by atoms with van der Waals surface area (Å²) in [5.74, 6) is 1.02. The van der Waals surface area contributed by atoms with Crippen LogP contribution in [0.3, 0.4) is 0 Å². The second kappa shape index (κ2) is 34.9. The summed E-state index contributed by atoms with van der Waals surface area (Å²) in [6, 6.07) is 0. The number of rotatable bonds is 36. The molecule has 1 rings (SSSR count). The zero-order valence-electron chi connectivity index (χ0n) is 33.7. The third-order valence-electron chi connectivity index (χ3n) is 11.1. The lowest BCUT2D eigenvalue weighted by Gasteiger charge is -2.38. The average molecular weight is 708 g/mol. The highest BCUT2D eigenvalue weighted by Gasteiger charge is 2.29. The number of hydrogen-bond donors (Lipinski definition) is 1. The van der Waals surface area contributed by atoms with E-state index in [-0.39, 0.29) is 24.6 Å². The highest BCUT2D eigenvalue weighted by atomic mass is 16.5. The van der Waals surface area contributed by atoms with Gasteiger partial charge in [-0.15, -0.1) is 0 Å². The molecule has 0 saturated carbocycles. The van der Waals surface area contributed by atoms with Crippen LogP contribution in [0.2, 0.25) is 0 Å². The molecular weight excluding hydrogens is 622 g/mol. The van der Waals surface area contributed by atoms with Crippen LogP contribution in [0.25, 0.3) is 0 Å². The van der Waals surface area contributed by atoms with Gasteiger partial charge in [-0.2, -0.15) is 0 Å². The van der Waals surface area contributed by atoms with Crippen LogP contribution in [-0.2, 0) is 19.1 Å². The van der Waals surface area contributed by atoms with Gasteiger partial charge in [0.15, 0.2) is 0 Å². The Morgan fingerprint density at radius 3 is 1.68 bits per heavy atom. The van der Waals surface area contributed by atoms with Crippen molar-refractivity contribution in [3.8, 4) is 0 Å². The molecule has 0 amide bonds. The molecule has 296 valence electrons. The molecule has 1 saturated heterocycles. The van der Waals surface area contributed by atoms with Crippen molar-refractivity contribution in [2.75, 3.05) is 32.8 Å². The van der Waals surface area contributed by atoms with Crippen molar-refractivity contribution in [1.82, 2.24) is 4.90 Å². The maximum atomic E-state index is 12.9. The molecule has 2 atom stereocenters. The van der Waals surface area contributed by atoms with Gasteiger partial charge in [0.05, 0.1) is 13.2 Å². The fourth-order valence-corrected chi connectivity index (χ4v) is 7.85. The molecule has 2 unspecified atom stereocenters. The summed E-state index contributed by atoms with van der Waals surface area (Å²) in [5.41, 5.74) is 0. The fourth-order valence-electron chi connectivity index (χ4n) is 7.85. The molecule has 0 aromatic rings. The number of carbonyl (C=O) groups is 2. The Hall–Kier alpha value is -1.14. The number of ether oxygens (including phenoxy) is 2. The van der Waals surface area contributed by atoms with E-state index >= 15 is 0 Å². The summed E-state index contributed by atoms with van der Waals surface area (Å²) in [7, 11) is 0. The highest BCUT2D eigenvalue weighted by Crippen LogP contribution is 2.32. The Kier molecular flexibility index (Phi) is 32.7. The van der Waals surface area contributed by atoms with Crippen LogP contribution < -0.4 is 0 Å². The van der Waals surface area contributed by atoms with E-state index in [2.05, 4.69) is 25.7 Å². The monoisotopic (exact) mass is 708 g/mol.